The summed E-state index contributed by atoms with van der Waals surface area (Å²) < 4.78 is 5.33. The smallest absolute Gasteiger partial charge is 0.239 e. The van der Waals surface area contributed by atoms with Crippen LogP contribution < -0.4 is 16.4 Å². The molecule has 1 saturated carbocycles. The van der Waals surface area contributed by atoms with Gasteiger partial charge in [0.1, 0.15) is 0 Å². The Morgan fingerprint density at radius 3 is 2.62 bits per heavy atom. The Morgan fingerprint density at radius 2 is 2.00 bits per heavy atom. The zero-order valence-corrected chi connectivity index (χ0v) is 9.33. The summed E-state index contributed by atoms with van der Waals surface area (Å²) in [5, 5.41) is 5.02. The van der Waals surface area contributed by atoms with Crippen LogP contribution in [0.1, 0.15) is 12.8 Å². The molecule has 1 fully saturated rings. The summed E-state index contributed by atoms with van der Waals surface area (Å²) in [6, 6.07) is 0. The average Bonchev–Trinajstić information content (AvgIpc) is 3.09. The summed E-state index contributed by atoms with van der Waals surface area (Å²) in [5.74, 6) is 0.177. The maximum atomic E-state index is 11.2. The summed E-state index contributed by atoms with van der Waals surface area (Å²) >= 11 is 0. The summed E-state index contributed by atoms with van der Waals surface area (Å²) in [7, 11) is 0. The Balaban J connectivity index is 1.86. The lowest BCUT2D eigenvalue weighted by atomic mass is 10.5. The normalized spacial score (nSPS) is 14.6. The Morgan fingerprint density at radius 1 is 1.25 bits per heavy atom. The molecular formula is C10H19N3O3. The lowest BCUT2D eigenvalue weighted by Crippen LogP contribution is -2.40. The molecule has 0 unspecified atom stereocenters. The highest BCUT2D eigenvalue weighted by Gasteiger charge is 2.20. The first-order valence-electron chi connectivity index (χ1n) is 5.53. The fourth-order valence-electron chi connectivity index (χ4n) is 1.11. The van der Waals surface area contributed by atoms with Crippen LogP contribution in [0.5, 0.6) is 0 Å². The van der Waals surface area contributed by atoms with Gasteiger partial charge in [0.15, 0.2) is 0 Å². The van der Waals surface area contributed by atoms with E-state index < -0.39 is 0 Å². The van der Waals surface area contributed by atoms with Crippen LogP contribution in [0.3, 0.4) is 0 Å². The molecule has 0 bridgehead atoms. The van der Waals surface area contributed by atoms with Crippen LogP contribution in [0.2, 0.25) is 0 Å². The monoisotopic (exact) mass is 229 g/mol. The zero-order valence-electron chi connectivity index (χ0n) is 9.33. The first-order valence-corrected chi connectivity index (χ1v) is 5.53. The number of hydrogen-bond acceptors (Lipinski definition) is 4. The Hall–Kier alpha value is -1.14. The minimum Gasteiger partial charge on any atom is -0.379 e. The molecule has 0 aliphatic heterocycles. The van der Waals surface area contributed by atoms with Gasteiger partial charge in [-0.1, -0.05) is 0 Å². The average molecular weight is 229 g/mol. The van der Waals surface area contributed by atoms with E-state index in [1.807, 2.05) is 0 Å². The van der Waals surface area contributed by atoms with Crippen LogP contribution in [0.15, 0.2) is 0 Å². The summed E-state index contributed by atoms with van der Waals surface area (Å²) in [5.41, 5.74) is 5.07. The van der Waals surface area contributed by atoms with Crippen LogP contribution in [0.4, 0.5) is 0 Å². The Kier molecular flexibility index (Phi) is 5.81. The van der Waals surface area contributed by atoms with Crippen molar-refractivity contribution in [1.82, 2.24) is 10.6 Å². The van der Waals surface area contributed by atoms with Gasteiger partial charge in [0.05, 0.1) is 19.7 Å². The second-order valence-electron chi connectivity index (χ2n) is 3.85. The number of hydrogen-bond donors (Lipinski definition) is 3. The van der Waals surface area contributed by atoms with Gasteiger partial charge in [-0.25, -0.2) is 0 Å². The number of nitrogens with two attached hydrogens (primary N) is 1. The van der Waals surface area contributed by atoms with Gasteiger partial charge in [-0.3, -0.25) is 9.59 Å². The van der Waals surface area contributed by atoms with Gasteiger partial charge in [0.25, 0.3) is 0 Å². The van der Waals surface area contributed by atoms with Crippen molar-refractivity contribution >= 4 is 11.8 Å². The van der Waals surface area contributed by atoms with Crippen LogP contribution in [0.25, 0.3) is 0 Å². The number of amides is 2. The van der Waals surface area contributed by atoms with E-state index in [0.29, 0.717) is 13.2 Å². The van der Waals surface area contributed by atoms with E-state index in [1.54, 1.807) is 0 Å². The highest BCUT2D eigenvalue weighted by Crippen LogP contribution is 2.28. The van der Waals surface area contributed by atoms with Crippen molar-refractivity contribution in [1.29, 1.82) is 0 Å². The fourth-order valence-corrected chi connectivity index (χ4v) is 1.11. The predicted octanol–water partition coefficient (Wildman–Crippen LogP) is -1.40. The van der Waals surface area contributed by atoms with Crippen LogP contribution in [-0.2, 0) is 14.3 Å². The lowest BCUT2D eigenvalue weighted by Gasteiger charge is -2.06. The standard InChI is InChI=1S/C10H19N3O3/c11-5-9(14)13-6-10(15)12-3-4-16-7-8-1-2-8/h8H,1-7,11H2,(H,12,15)(H,13,14). The molecule has 1 aliphatic carbocycles. The van der Waals surface area contributed by atoms with Gasteiger partial charge in [0, 0.05) is 13.2 Å². The van der Waals surface area contributed by atoms with Crippen molar-refractivity contribution in [3.8, 4) is 0 Å². The predicted molar refractivity (Wildman–Crippen MR) is 58.6 cm³/mol. The molecule has 1 aliphatic rings. The van der Waals surface area contributed by atoms with Crippen molar-refractivity contribution in [3.05, 3.63) is 0 Å². The summed E-state index contributed by atoms with van der Waals surface area (Å²) in [6.45, 7) is 1.66. The SMILES string of the molecule is NCC(=O)NCC(=O)NCCOCC1CC1. The first kappa shape index (κ1) is 12.9. The topological polar surface area (TPSA) is 93.5 Å². The number of carbonyl (C=O) groups is 2. The van der Waals surface area contributed by atoms with E-state index in [4.69, 9.17) is 10.5 Å². The molecule has 2 amide bonds. The molecule has 6 heteroatoms. The minimum atomic E-state index is -0.333. The van der Waals surface area contributed by atoms with E-state index >= 15 is 0 Å². The third-order valence-electron chi connectivity index (χ3n) is 2.25. The van der Waals surface area contributed by atoms with Crippen LogP contribution in [0, 0.1) is 5.92 Å². The minimum absolute atomic E-state index is 0.0291. The molecule has 0 aromatic rings. The van der Waals surface area contributed by atoms with E-state index in [1.165, 1.54) is 12.8 Å². The second kappa shape index (κ2) is 7.19. The molecule has 0 atom stereocenters. The molecule has 0 heterocycles. The van der Waals surface area contributed by atoms with Gasteiger partial charge in [-0.05, 0) is 18.8 Å². The van der Waals surface area contributed by atoms with Gasteiger partial charge in [-0.15, -0.1) is 0 Å². The molecule has 0 spiro atoms. The van der Waals surface area contributed by atoms with Crippen molar-refractivity contribution in [2.75, 3.05) is 32.8 Å². The zero-order chi connectivity index (χ0) is 11.8. The molecule has 0 aromatic heterocycles. The lowest BCUT2D eigenvalue weighted by molar-refractivity contribution is -0.125. The highest BCUT2D eigenvalue weighted by atomic mass is 16.5. The maximum Gasteiger partial charge on any atom is 0.239 e. The first-order chi connectivity index (χ1) is 7.72. The largest absolute Gasteiger partial charge is 0.379 e. The number of ether oxygens (including phenoxy) is 1. The molecule has 0 radical (unpaired) electrons. The summed E-state index contributed by atoms with van der Waals surface area (Å²) in [4.78, 5) is 21.9. The van der Waals surface area contributed by atoms with Gasteiger partial charge >= 0.3 is 0 Å². The molecule has 6 nitrogen and oxygen atoms in total. The third kappa shape index (κ3) is 6.36. The molecular weight excluding hydrogens is 210 g/mol. The van der Waals surface area contributed by atoms with E-state index in [-0.39, 0.29) is 24.9 Å². The van der Waals surface area contributed by atoms with Gasteiger partial charge in [0.2, 0.25) is 11.8 Å². The van der Waals surface area contributed by atoms with Crippen molar-refractivity contribution in [2.24, 2.45) is 11.7 Å². The Bertz CT molecular complexity index is 241. The van der Waals surface area contributed by atoms with Crippen molar-refractivity contribution in [3.63, 3.8) is 0 Å². The van der Waals surface area contributed by atoms with E-state index in [0.717, 1.165) is 12.5 Å². The quantitative estimate of drug-likeness (QED) is 0.446. The van der Waals surface area contributed by atoms with Crippen molar-refractivity contribution in [2.45, 2.75) is 12.8 Å². The molecule has 4 N–H and O–H groups in total. The van der Waals surface area contributed by atoms with Crippen LogP contribution >= 0.6 is 0 Å². The third-order valence-corrected chi connectivity index (χ3v) is 2.25. The molecule has 1 rings (SSSR count). The van der Waals surface area contributed by atoms with Gasteiger partial charge in [-0.2, -0.15) is 0 Å². The number of rotatable bonds is 8. The summed E-state index contributed by atoms with van der Waals surface area (Å²) in [6.07, 6.45) is 2.52. The van der Waals surface area contributed by atoms with Crippen LogP contribution in [-0.4, -0.2) is 44.7 Å². The molecule has 16 heavy (non-hydrogen) atoms. The molecule has 0 aromatic carbocycles. The Labute approximate surface area is 94.9 Å². The second-order valence-corrected chi connectivity index (χ2v) is 3.85. The molecule has 92 valence electrons. The van der Waals surface area contributed by atoms with Gasteiger partial charge < -0.3 is 21.1 Å². The van der Waals surface area contributed by atoms with Crippen molar-refractivity contribution < 1.29 is 14.3 Å². The van der Waals surface area contributed by atoms with E-state index in [9.17, 15) is 9.59 Å². The van der Waals surface area contributed by atoms with E-state index in [2.05, 4.69) is 10.6 Å². The highest BCUT2D eigenvalue weighted by molar-refractivity contribution is 5.85. The fraction of sp³-hybridized carbons (Fsp3) is 0.800. The number of carbonyl (C=O) groups excluding carboxylic acids is 2. The molecule has 0 saturated heterocycles. The maximum absolute atomic E-state index is 11.2. The number of nitrogens with one attached hydrogen (secondary N) is 2.